The Morgan fingerprint density at radius 2 is 2.00 bits per heavy atom. The number of hydrogen-bond donors (Lipinski definition) is 1. The van der Waals surface area contributed by atoms with Crippen molar-refractivity contribution in [3.8, 4) is 11.5 Å². The number of ether oxygens (including phenoxy) is 2. The van der Waals surface area contributed by atoms with Crippen molar-refractivity contribution in [1.29, 1.82) is 0 Å². The van der Waals surface area contributed by atoms with Gasteiger partial charge in [-0.2, -0.15) is 0 Å². The summed E-state index contributed by atoms with van der Waals surface area (Å²) in [5.41, 5.74) is 0.557. The molecular formula is C16H15F2NO3. The first kappa shape index (κ1) is 14.6. The summed E-state index contributed by atoms with van der Waals surface area (Å²) in [6.45, 7) is 5.41. The molecule has 1 aliphatic carbocycles. The van der Waals surface area contributed by atoms with Gasteiger partial charge in [0.1, 0.15) is 0 Å². The van der Waals surface area contributed by atoms with Gasteiger partial charge >= 0.3 is 6.29 Å². The third kappa shape index (κ3) is 2.34. The second-order valence-electron chi connectivity index (χ2n) is 5.31. The molecule has 1 aromatic carbocycles. The van der Waals surface area contributed by atoms with Crippen molar-refractivity contribution in [3.63, 3.8) is 0 Å². The van der Waals surface area contributed by atoms with Gasteiger partial charge in [-0.3, -0.25) is 4.79 Å². The predicted octanol–water partition coefficient (Wildman–Crippen LogP) is 3.25. The van der Waals surface area contributed by atoms with Crippen LogP contribution in [-0.4, -0.2) is 12.2 Å². The van der Waals surface area contributed by atoms with Crippen molar-refractivity contribution in [2.24, 2.45) is 0 Å². The van der Waals surface area contributed by atoms with Gasteiger partial charge in [0.05, 0.1) is 5.41 Å². The highest BCUT2D eigenvalue weighted by Gasteiger charge is 2.52. The number of fused-ring (bicyclic) bond motifs is 1. The summed E-state index contributed by atoms with van der Waals surface area (Å²) >= 11 is 0. The maximum absolute atomic E-state index is 13.1. The van der Waals surface area contributed by atoms with Crippen LogP contribution in [0.25, 0.3) is 0 Å². The Morgan fingerprint density at radius 1 is 1.32 bits per heavy atom. The highest BCUT2D eigenvalue weighted by Crippen LogP contribution is 2.51. The summed E-state index contributed by atoms with van der Waals surface area (Å²) < 4.78 is 34.9. The number of rotatable bonds is 4. The van der Waals surface area contributed by atoms with Gasteiger partial charge in [-0.25, -0.2) is 0 Å². The summed E-state index contributed by atoms with van der Waals surface area (Å²) in [5, 5.41) is 2.79. The number of allylic oxidation sites excluding steroid dienone is 2. The molecule has 1 N–H and O–H groups in total. The number of carbonyl (C=O) groups excluding carboxylic acids is 1. The van der Waals surface area contributed by atoms with E-state index in [-0.39, 0.29) is 17.4 Å². The standard InChI is InChI=1S/C16H15F2NO3/c1-3-11(4-2)19-14(20)15(7-8-15)10-5-6-12-13(9-10)22-16(17,18)21-12/h3-6,9H,1,7-8H2,2H3,(H,19,20)/b11-4+. The second kappa shape index (κ2) is 4.83. The minimum absolute atomic E-state index is 0.0230. The fourth-order valence-electron chi connectivity index (χ4n) is 2.51. The number of nitrogens with one attached hydrogen (secondary N) is 1. The maximum Gasteiger partial charge on any atom is 0.586 e. The second-order valence-corrected chi connectivity index (χ2v) is 5.31. The van der Waals surface area contributed by atoms with Crippen LogP contribution in [0, 0.1) is 0 Å². The third-order valence-corrected chi connectivity index (χ3v) is 3.93. The fraction of sp³-hybridized carbons (Fsp3) is 0.312. The Morgan fingerprint density at radius 3 is 2.59 bits per heavy atom. The van der Waals surface area contributed by atoms with Gasteiger partial charge in [-0.05, 0) is 43.5 Å². The average Bonchev–Trinajstić information content (AvgIpc) is 3.21. The molecule has 22 heavy (non-hydrogen) atoms. The van der Waals surface area contributed by atoms with Gasteiger partial charge in [0.2, 0.25) is 5.91 Å². The molecule has 1 fully saturated rings. The van der Waals surface area contributed by atoms with E-state index < -0.39 is 11.7 Å². The van der Waals surface area contributed by atoms with Gasteiger partial charge in [0, 0.05) is 5.70 Å². The van der Waals surface area contributed by atoms with Crippen LogP contribution in [0.3, 0.4) is 0 Å². The number of halogens is 2. The van der Waals surface area contributed by atoms with Crippen LogP contribution in [0.4, 0.5) is 8.78 Å². The molecular weight excluding hydrogens is 292 g/mol. The zero-order chi connectivity index (χ0) is 16.0. The first-order valence-electron chi connectivity index (χ1n) is 6.91. The highest BCUT2D eigenvalue weighted by atomic mass is 19.3. The van der Waals surface area contributed by atoms with Crippen LogP contribution in [0.5, 0.6) is 11.5 Å². The van der Waals surface area contributed by atoms with Crippen LogP contribution in [0.2, 0.25) is 0 Å². The molecule has 0 radical (unpaired) electrons. The number of alkyl halides is 2. The van der Waals surface area contributed by atoms with E-state index in [1.54, 1.807) is 25.1 Å². The lowest BCUT2D eigenvalue weighted by molar-refractivity contribution is -0.286. The third-order valence-electron chi connectivity index (χ3n) is 3.93. The van der Waals surface area contributed by atoms with Crippen LogP contribution in [-0.2, 0) is 10.2 Å². The molecule has 3 rings (SSSR count). The SMILES string of the molecule is C=C/C(=C\C)NC(=O)C1(c2ccc3c(c2)OC(F)(F)O3)CC1. The van der Waals surface area contributed by atoms with Gasteiger partial charge in [0.25, 0.3) is 0 Å². The molecule has 1 saturated carbocycles. The monoisotopic (exact) mass is 307 g/mol. The minimum Gasteiger partial charge on any atom is -0.395 e. The smallest absolute Gasteiger partial charge is 0.395 e. The topological polar surface area (TPSA) is 47.6 Å². The largest absolute Gasteiger partial charge is 0.586 e. The van der Waals surface area contributed by atoms with Crippen molar-refractivity contribution in [1.82, 2.24) is 5.32 Å². The lowest BCUT2D eigenvalue weighted by atomic mass is 9.94. The van der Waals surface area contributed by atoms with Crippen molar-refractivity contribution in [2.75, 3.05) is 0 Å². The lowest BCUT2D eigenvalue weighted by Gasteiger charge is -2.16. The summed E-state index contributed by atoms with van der Waals surface area (Å²) in [4.78, 5) is 12.5. The van der Waals surface area contributed by atoms with Crippen LogP contribution in [0.15, 0.2) is 42.6 Å². The van der Waals surface area contributed by atoms with E-state index in [4.69, 9.17) is 0 Å². The van der Waals surface area contributed by atoms with E-state index in [1.165, 1.54) is 12.1 Å². The predicted molar refractivity (Wildman–Crippen MR) is 75.7 cm³/mol. The van der Waals surface area contributed by atoms with E-state index in [0.717, 1.165) is 0 Å². The fourth-order valence-corrected chi connectivity index (χ4v) is 2.51. The maximum atomic E-state index is 13.1. The van der Waals surface area contributed by atoms with Crippen molar-refractivity contribution < 1.29 is 23.0 Å². The minimum atomic E-state index is -3.65. The Balaban J connectivity index is 1.86. The van der Waals surface area contributed by atoms with Gasteiger partial charge in [-0.15, -0.1) is 8.78 Å². The van der Waals surface area contributed by atoms with Gasteiger partial charge in [-0.1, -0.05) is 18.7 Å². The molecule has 1 aliphatic heterocycles. The van der Waals surface area contributed by atoms with E-state index in [1.807, 2.05) is 0 Å². The first-order chi connectivity index (χ1) is 10.4. The Bertz CT molecular complexity index is 678. The normalized spacial score (nSPS) is 20.4. The summed E-state index contributed by atoms with van der Waals surface area (Å²) in [7, 11) is 0. The molecule has 116 valence electrons. The average molecular weight is 307 g/mol. The molecule has 0 spiro atoms. The number of benzene rings is 1. The van der Waals surface area contributed by atoms with Crippen molar-refractivity contribution >= 4 is 5.91 Å². The van der Waals surface area contributed by atoms with Crippen LogP contribution in [0.1, 0.15) is 25.3 Å². The van der Waals surface area contributed by atoms with E-state index in [0.29, 0.717) is 24.1 Å². The number of amides is 1. The molecule has 6 heteroatoms. The summed E-state index contributed by atoms with van der Waals surface area (Å²) in [6, 6.07) is 4.48. The molecule has 2 aliphatic rings. The molecule has 4 nitrogen and oxygen atoms in total. The van der Waals surface area contributed by atoms with E-state index in [2.05, 4.69) is 21.4 Å². The number of hydrogen-bond acceptors (Lipinski definition) is 3. The first-order valence-corrected chi connectivity index (χ1v) is 6.91. The number of carbonyl (C=O) groups is 1. The molecule has 0 bridgehead atoms. The van der Waals surface area contributed by atoms with Gasteiger partial charge in [0.15, 0.2) is 11.5 Å². The molecule has 1 aromatic rings. The van der Waals surface area contributed by atoms with E-state index in [9.17, 15) is 13.6 Å². The molecule has 0 unspecified atom stereocenters. The Kier molecular flexibility index (Phi) is 3.20. The molecule has 1 heterocycles. The van der Waals surface area contributed by atoms with E-state index >= 15 is 0 Å². The van der Waals surface area contributed by atoms with Gasteiger partial charge < -0.3 is 14.8 Å². The quantitative estimate of drug-likeness (QED) is 0.869. The Labute approximate surface area is 126 Å². The molecule has 1 amide bonds. The Hall–Kier alpha value is -2.37. The summed E-state index contributed by atoms with van der Waals surface area (Å²) in [5.74, 6) is -0.243. The van der Waals surface area contributed by atoms with Crippen molar-refractivity contribution in [2.45, 2.75) is 31.5 Å². The zero-order valence-electron chi connectivity index (χ0n) is 12.0. The zero-order valence-corrected chi connectivity index (χ0v) is 12.0. The molecule has 0 atom stereocenters. The van der Waals surface area contributed by atoms with Crippen LogP contribution >= 0.6 is 0 Å². The highest BCUT2D eigenvalue weighted by molar-refractivity contribution is 5.92. The lowest BCUT2D eigenvalue weighted by Crippen LogP contribution is -2.33. The molecule has 0 aromatic heterocycles. The summed E-state index contributed by atoms with van der Waals surface area (Å²) in [6.07, 6.45) is 0.947. The van der Waals surface area contributed by atoms with Crippen LogP contribution < -0.4 is 14.8 Å². The van der Waals surface area contributed by atoms with Crippen molar-refractivity contribution in [3.05, 3.63) is 48.2 Å². The molecule has 0 saturated heterocycles.